The minimum absolute atomic E-state index is 0.0994. The van der Waals surface area contributed by atoms with Gasteiger partial charge in [0.15, 0.2) is 5.60 Å². The highest BCUT2D eigenvalue weighted by molar-refractivity contribution is 5.82. The molecule has 0 aromatic heterocycles. The molecule has 0 spiro atoms. The zero-order valence-corrected chi connectivity index (χ0v) is 12.1. The third kappa shape index (κ3) is 2.29. The van der Waals surface area contributed by atoms with Gasteiger partial charge in [-0.25, -0.2) is 4.79 Å². The molecule has 19 heavy (non-hydrogen) atoms. The van der Waals surface area contributed by atoms with E-state index in [4.69, 9.17) is 18.9 Å². The number of cyclic esters (lactones) is 1. The summed E-state index contributed by atoms with van der Waals surface area (Å²) in [5, 5.41) is 9.93. The van der Waals surface area contributed by atoms with Crippen LogP contribution < -0.4 is 0 Å². The number of ether oxygens (including phenoxy) is 4. The Hall–Kier alpha value is -0.950. The monoisotopic (exact) mass is 274 g/mol. The lowest BCUT2D eigenvalue weighted by molar-refractivity contribution is -0.428. The van der Waals surface area contributed by atoms with Crippen molar-refractivity contribution < 1.29 is 28.8 Å². The van der Waals surface area contributed by atoms with Crippen LogP contribution in [0.1, 0.15) is 27.2 Å². The molecule has 0 unspecified atom stereocenters. The van der Waals surface area contributed by atoms with Crippen molar-refractivity contribution in [2.24, 2.45) is 0 Å². The largest absolute Gasteiger partial charge is 0.425 e. The van der Waals surface area contributed by atoms with Crippen LogP contribution in [0.4, 0.5) is 0 Å². The molecular formula is C13H22O6. The molecule has 0 aliphatic carbocycles. The summed E-state index contributed by atoms with van der Waals surface area (Å²) in [6.07, 6.45) is 0.496. The van der Waals surface area contributed by atoms with Gasteiger partial charge in [0.2, 0.25) is 5.79 Å². The molecule has 110 valence electrons. The van der Waals surface area contributed by atoms with Gasteiger partial charge in [-0.1, -0.05) is 6.08 Å². The lowest BCUT2D eigenvalue weighted by Crippen LogP contribution is -2.70. The molecule has 1 aliphatic rings. The molecule has 0 radical (unpaired) electrons. The molecule has 4 atom stereocenters. The summed E-state index contributed by atoms with van der Waals surface area (Å²) < 4.78 is 21.7. The maximum absolute atomic E-state index is 12.2. The fourth-order valence-electron chi connectivity index (χ4n) is 2.06. The van der Waals surface area contributed by atoms with E-state index < -0.39 is 29.2 Å². The van der Waals surface area contributed by atoms with Crippen molar-refractivity contribution in [1.82, 2.24) is 0 Å². The number of aliphatic hydroxyl groups excluding tert-OH is 1. The van der Waals surface area contributed by atoms with Gasteiger partial charge in [-0.2, -0.15) is 0 Å². The Kier molecular flexibility index (Phi) is 4.41. The van der Waals surface area contributed by atoms with Crippen LogP contribution in [0, 0.1) is 0 Å². The van der Waals surface area contributed by atoms with Gasteiger partial charge in [0.25, 0.3) is 5.79 Å². The molecule has 6 heteroatoms. The third-order valence-electron chi connectivity index (χ3n) is 3.74. The Morgan fingerprint density at radius 1 is 1.37 bits per heavy atom. The lowest BCUT2D eigenvalue weighted by Gasteiger charge is -2.52. The maximum atomic E-state index is 12.2. The minimum atomic E-state index is -1.55. The topological polar surface area (TPSA) is 74.2 Å². The lowest BCUT2D eigenvalue weighted by atomic mass is 9.90. The molecule has 1 fully saturated rings. The Labute approximate surface area is 113 Å². The second-order valence-electron chi connectivity index (χ2n) is 4.85. The Bertz CT molecular complexity index is 368. The summed E-state index contributed by atoms with van der Waals surface area (Å²) in [4.78, 5) is 12.2. The fraction of sp³-hybridized carbons (Fsp3) is 0.769. The van der Waals surface area contributed by atoms with Gasteiger partial charge in [0.1, 0.15) is 0 Å². The molecule has 1 aliphatic heterocycles. The van der Waals surface area contributed by atoms with Gasteiger partial charge in [-0.3, -0.25) is 0 Å². The summed E-state index contributed by atoms with van der Waals surface area (Å²) >= 11 is 0. The van der Waals surface area contributed by atoms with Crippen LogP contribution in [0.25, 0.3) is 0 Å². The van der Waals surface area contributed by atoms with Gasteiger partial charge in [0.05, 0.1) is 6.10 Å². The highest BCUT2D eigenvalue weighted by Crippen LogP contribution is 2.43. The minimum Gasteiger partial charge on any atom is -0.425 e. The number of aliphatic hydroxyl groups is 1. The van der Waals surface area contributed by atoms with E-state index in [1.54, 1.807) is 6.92 Å². The standard InChI is InChI=1S/C13H22O6/c1-7-8-13(9(2)14)10(15)18-11(3,16-5)12(4,17-6)19-13/h7,9,14H,1,8H2,2-6H3/t9-,11+,12+,13-/m0/s1. The molecule has 1 saturated heterocycles. The van der Waals surface area contributed by atoms with Crippen molar-refractivity contribution in [2.45, 2.75) is 50.5 Å². The normalized spacial score (nSPS) is 40.6. The van der Waals surface area contributed by atoms with Crippen molar-refractivity contribution in [3.8, 4) is 0 Å². The fourth-order valence-corrected chi connectivity index (χ4v) is 2.06. The zero-order valence-electron chi connectivity index (χ0n) is 12.1. The first-order valence-electron chi connectivity index (χ1n) is 6.04. The van der Waals surface area contributed by atoms with Crippen LogP contribution in [-0.4, -0.2) is 48.6 Å². The van der Waals surface area contributed by atoms with E-state index in [2.05, 4.69) is 6.58 Å². The number of rotatable bonds is 5. The van der Waals surface area contributed by atoms with Gasteiger partial charge >= 0.3 is 5.97 Å². The summed E-state index contributed by atoms with van der Waals surface area (Å²) in [5.41, 5.74) is -1.55. The predicted molar refractivity (Wildman–Crippen MR) is 67.2 cm³/mol. The highest BCUT2D eigenvalue weighted by Gasteiger charge is 2.64. The van der Waals surface area contributed by atoms with Crippen molar-refractivity contribution in [2.75, 3.05) is 14.2 Å². The average Bonchev–Trinajstić information content (AvgIpc) is 2.35. The average molecular weight is 274 g/mol. The molecule has 6 nitrogen and oxygen atoms in total. The maximum Gasteiger partial charge on any atom is 0.344 e. The molecule has 0 aromatic carbocycles. The van der Waals surface area contributed by atoms with Gasteiger partial charge in [-0.15, -0.1) is 6.58 Å². The molecule has 0 amide bonds. The molecule has 0 aromatic rings. The first-order valence-corrected chi connectivity index (χ1v) is 6.04. The van der Waals surface area contributed by atoms with Crippen molar-refractivity contribution >= 4 is 5.97 Å². The first-order chi connectivity index (χ1) is 8.71. The molecule has 1 rings (SSSR count). The highest BCUT2D eigenvalue weighted by atomic mass is 16.8. The number of esters is 1. The smallest absolute Gasteiger partial charge is 0.344 e. The van der Waals surface area contributed by atoms with E-state index in [0.717, 1.165) is 0 Å². The summed E-state index contributed by atoms with van der Waals surface area (Å²) in [6, 6.07) is 0. The van der Waals surface area contributed by atoms with Crippen molar-refractivity contribution in [3.63, 3.8) is 0 Å². The van der Waals surface area contributed by atoms with Crippen LogP contribution in [0.15, 0.2) is 12.7 Å². The number of methoxy groups -OCH3 is 2. The molecule has 1 heterocycles. The Balaban J connectivity index is 3.27. The number of carbonyl (C=O) groups excluding carboxylic acids is 1. The third-order valence-corrected chi connectivity index (χ3v) is 3.74. The molecular weight excluding hydrogens is 252 g/mol. The summed E-state index contributed by atoms with van der Waals surface area (Å²) in [6.45, 7) is 8.15. The number of hydrogen-bond acceptors (Lipinski definition) is 6. The van der Waals surface area contributed by atoms with Crippen LogP contribution in [0.5, 0.6) is 0 Å². The van der Waals surface area contributed by atoms with Gasteiger partial charge in [0, 0.05) is 27.6 Å². The molecule has 0 saturated carbocycles. The molecule has 1 N–H and O–H groups in total. The van der Waals surface area contributed by atoms with E-state index in [9.17, 15) is 9.90 Å². The van der Waals surface area contributed by atoms with E-state index in [1.807, 2.05) is 0 Å². The number of hydrogen-bond donors (Lipinski definition) is 1. The van der Waals surface area contributed by atoms with E-state index in [1.165, 1.54) is 34.1 Å². The summed E-state index contributed by atoms with van der Waals surface area (Å²) in [5.74, 6) is -3.46. The van der Waals surface area contributed by atoms with Crippen LogP contribution >= 0.6 is 0 Å². The van der Waals surface area contributed by atoms with Gasteiger partial charge < -0.3 is 24.1 Å². The van der Waals surface area contributed by atoms with Crippen molar-refractivity contribution in [1.29, 1.82) is 0 Å². The van der Waals surface area contributed by atoms with E-state index in [-0.39, 0.29) is 6.42 Å². The summed E-state index contributed by atoms with van der Waals surface area (Å²) in [7, 11) is 2.80. The predicted octanol–water partition coefficient (Wildman–Crippen LogP) is 0.981. The van der Waals surface area contributed by atoms with Gasteiger partial charge in [-0.05, 0) is 13.8 Å². The zero-order chi connectivity index (χ0) is 14.9. The Morgan fingerprint density at radius 2 is 1.89 bits per heavy atom. The second kappa shape index (κ2) is 5.20. The van der Waals surface area contributed by atoms with Crippen LogP contribution in [0.2, 0.25) is 0 Å². The van der Waals surface area contributed by atoms with Crippen LogP contribution in [0.3, 0.4) is 0 Å². The van der Waals surface area contributed by atoms with E-state index >= 15 is 0 Å². The van der Waals surface area contributed by atoms with E-state index in [0.29, 0.717) is 0 Å². The molecule has 0 bridgehead atoms. The quantitative estimate of drug-likeness (QED) is 0.595. The Morgan fingerprint density at radius 3 is 2.26 bits per heavy atom. The second-order valence-corrected chi connectivity index (χ2v) is 4.85. The number of carbonyl (C=O) groups is 1. The van der Waals surface area contributed by atoms with Crippen molar-refractivity contribution in [3.05, 3.63) is 12.7 Å². The SMILES string of the molecule is C=CC[C@@]1([C@H](C)O)O[C@@](C)(OC)[C@](C)(OC)OC1=O. The first kappa shape index (κ1) is 16.1. The van der Waals surface area contributed by atoms with Crippen LogP contribution in [-0.2, 0) is 23.7 Å².